The quantitative estimate of drug-likeness (QED) is 0.721. The van der Waals surface area contributed by atoms with Crippen LogP contribution >= 0.6 is 23.1 Å². The molecule has 126 valence electrons. The van der Waals surface area contributed by atoms with Crippen molar-refractivity contribution >= 4 is 29.1 Å². The molecule has 2 aromatic rings. The molecule has 0 atom stereocenters. The Labute approximate surface area is 144 Å². The number of benzene rings is 1. The lowest BCUT2D eigenvalue weighted by molar-refractivity contribution is -0.137. The van der Waals surface area contributed by atoms with Crippen molar-refractivity contribution in [3.63, 3.8) is 0 Å². The van der Waals surface area contributed by atoms with Crippen LogP contribution in [0.15, 0.2) is 28.5 Å². The van der Waals surface area contributed by atoms with Gasteiger partial charge in [-0.1, -0.05) is 26.0 Å². The van der Waals surface area contributed by atoms with Gasteiger partial charge in [-0.2, -0.15) is 18.4 Å². The van der Waals surface area contributed by atoms with Gasteiger partial charge in [0.05, 0.1) is 15.3 Å². The number of carbonyl (C=O) groups is 1. The summed E-state index contributed by atoms with van der Waals surface area (Å²) in [6.07, 6.45) is -4.47. The maximum atomic E-state index is 12.7. The van der Waals surface area contributed by atoms with E-state index in [9.17, 15) is 28.3 Å². The van der Waals surface area contributed by atoms with Crippen LogP contribution in [0, 0.1) is 11.3 Å². The van der Waals surface area contributed by atoms with Crippen LogP contribution < -0.4 is 0 Å². The molecule has 8 heteroatoms. The number of halogens is 3. The first-order valence-corrected chi connectivity index (χ1v) is 8.49. The van der Waals surface area contributed by atoms with Crippen molar-refractivity contribution in [2.75, 3.05) is 0 Å². The Hall–Kier alpha value is -1.98. The second kappa shape index (κ2) is 6.87. The van der Waals surface area contributed by atoms with Crippen LogP contribution in [0.4, 0.5) is 13.2 Å². The lowest BCUT2D eigenvalue weighted by Crippen LogP contribution is -2.04. The summed E-state index contributed by atoms with van der Waals surface area (Å²) >= 11 is 2.33. The van der Waals surface area contributed by atoms with Gasteiger partial charge in [0.2, 0.25) is 0 Å². The van der Waals surface area contributed by atoms with Crippen LogP contribution in [0.2, 0.25) is 0 Å². The van der Waals surface area contributed by atoms with Crippen LogP contribution in [-0.4, -0.2) is 16.3 Å². The molecule has 0 spiro atoms. The van der Waals surface area contributed by atoms with E-state index in [0.29, 0.717) is 4.21 Å². The normalized spacial score (nSPS) is 11.5. The molecule has 3 nitrogen and oxygen atoms in total. The van der Waals surface area contributed by atoms with Crippen LogP contribution in [0.3, 0.4) is 0 Å². The SMILES string of the molecule is CC(C)Sc1sc(C(=O)O)c(-c2ccc(C(F)(F)F)cc2)c1C#N. The molecule has 0 unspecified atom stereocenters. The Kier molecular flexibility index (Phi) is 5.26. The zero-order chi connectivity index (χ0) is 18.1. The number of nitrogens with zero attached hydrogens (tertiary/aromatic N) is 1. The lowest BCUT2D eigenvalue weighted by atomic mass is 10.0. The van der Waals surface area contributed by atoms with Crippen LogP contribution in [-0.2, 0) is 6.18 Å². The largest absolute Gasteiger partial charge is 0.477 e. The Morgan fingerprint density at radius 3 is 2.29 bits per heavy atom. The monoisotopic (exact) mass is 371 g/mol. The minimum absolute atomic E-state index is 0.0468. The number of thioether (sulfide) groups is 1. The molecule has 1 N–H and O–H groups in total. The second-order valence-corrected chi connectivity index (χ2v) is 7.99. The minimum Gasteiger partial charge on any atom is -0.477 e. The van der Waals surface area contributed by atoms with Crippen LogP contribution in [0.5, 0.6) is 0 Å². The van der Waals surface area contributed by atoms with Gasteiger partial charge in [0.15, 0.2) is 0 Å². The highest BCUT2D eigenvalue weighted by molar-refractivity contribution is 8.01. The average Bonchev–Trinajstić information content (AvgIpc) is 2.84. The number of rotatable bonds is 4. The van der Waals surface area contributed by atoms with E-state index < -0.39 is 17.7 Å². The predicted octanol–water partition coefficient (Wildman–Crippen LogP) is 5.50. The third kappa shape index (κ3) is 3.74. The van der Waals surface area contributed by atoms with Crippen molar-refractivity contribution in [1.82, 2.24) is 0 Å². The van der Waals surface area contributed by atoms with Crippen LogP contribution in [0.1, 0.15) is 34.6 Å². The molecule has 0 saturated carbocycles. The van der Waals surface area contributed by atoms with E-state index in [1.165, 1.54) is 23.9 Å². The zero-order valence-corrected chi connectivity index (χ0v) is 14.3. The summed E-state index contributed by atoms with van der Waals surface area (Å²) in [4.78, 5) is 11.5. The molecule has 0 aliphatic carbocycles. The summed E-state index contributed by atoms with van der Waals surface area (Å²) in [5.74, 6) is -1.21. The van der Waals surface area contributed by atoms with Crippen molar-refractivity contribution in [2.24, 2.45) is 0 Å². The molecule has 24 heavy (non-hydrogen) atoms. The molecule has 1 aromatic heterocycles. The van der Waals surface area contributed by atoms with E-state index in [2.05, 4.69) is 0 Å². The van der Waals surface area contributed by atoms with Crippen molar-refractivity contribution in [3.05, 3.63) is 40.3 Å². The first kappa shape index (κ1) is 18.4. The maximum Gasteiger partial charge on any atom is 0.416 e. The van der Waals surface area contributed by atoms with E-state index in [-0.39, 0.29) is 26.8 Å². The van der Waals surface area contributed by atoms with Crippen LogP contribution in [0.25, 0.3) is 11.1 Å². The van der Waals surface area contributed by atoms with Gasteiger partial charge >= 0.3 is 12.1 Å². The summed E-state index contributed by atoms with van der Waals surface area (Å²) in [6.45, 7) is 3.81. The van der Waals surface area contributed by atoms with Crippen molar-refractivity contribution in [2.45, 2.75) is 29.5 Å². The predicted molar refractivity (Wildman–Crippen MR) is 87.4 cm³/mol. The Morgan fingerprint density at radius 1 is 1.29 bits per heavy atom. The molecule has 0 saturated heterocycles. The van der Waals surface area contributed by atoms with E-state index >= 15 is 0 Å². The van der Waals surface area contributed by atoms with Gasteiger partial charge in [-0.25, -0.2) is 4.79 Å². The van der Waals surface area contributed by atoms with Crippen molar-refractivity contribution in [3.8, 4) is 17.2 Å². The summed E-state index contributed by atoms with van der Waals surface area (Å²) in [5.41, 5.74) is -0.180. The highest BCUT2D eigenvalue weighted by Crippen LogP contribution is 2.43. The molecule has 0 aliphatic heterocycles. The van der Waals surface area contributed by atoms with E-state index in [0.717, 1.165) is 23.5 Å². The number of nitriles is 1. The second-order valence-electron chi connectivity index (χ2n) is 5.13. The third-order valence-corrected chi connectivity index (χ3v) is 5.43. The Bertz CT molecular complexity index is 802. The lowest BCUT2D eigenvalue weighted by Gasteiger charge is -2.08. The van der Waals surface area contributed by atoms with E-state index in [4.69, 9.17) is 0 Å². The summed E-state index contributed by atoms with van der Waals surface area (Å²) in [5, 5.41) is 18.9. The summed E-state index contributed by atoms with van der Waals surface area (Å²) in [6, 6.07) is 6.15. The first-order valence-electron chi connectivity index (χ1n) is 6.79. The van der Waals surface area contributed by atoms with Crippen molar-refractivity contribution in [1.29, 1.82) is 5.26 Å². The number of alkyl halides is 3. The van der Waals surface area contributed by atoms with Gasteiger partial charge in [0.25, 0.3) is 0 Å². The van der Waals surface area contributed by atoms with Crippen molar-refractivity contribution < 1.29 is 23.1 Å². The molecule has 0 amide bonds. The fourth-order valence-electron chi connectivity index (χ4n) is 2.06. The molecular weight excluding hydrogens is 359 g/mol. The molecule has 0 bridgehead atoms. The Balaban J connectivity index is 2.62. The third-order valence-electron chi connectivity index (χ3n) is 3.03. The smallest absolute Gasteiger partial charge is 0.416 e. The molecule has 1 heterocycles. The van der Waals surface area contributed by atoms with Gasteiger partial charge in [0, 0.05) is 10.8 Å². The highest BCUT2D eigenvalue weighted by atomic mass is 32.2. The van der Waals surface area contributed by atoms with Gasteiger partial charge in [-0.15, -0.1) is 23.1 Å². The number of carboxylic acids is 1. The first-order chi connectivity index (χ1) is 11.1. The fraction of sp³-hybridized carbons (Fsp3) is 0.250. The molecule has 0 radical (unpaired) electrons. The number of hydrogen-bond acceptors (Lipinski definition) is 4. The Morgan fingerprint density at radius 2 is 1.88 bits per heavy atom. The van der Waals surface area contributed by atoms with E-state index in [1.54, 1.807) is 0 Å². The summed E-state index contributed by atoms with van der Waals surface area (Å²) in [7, 11) is 0. The molecular formula is C16H12F3NO2S2. The van der Waals surface area contributed by atoms with Gasteiger partial charge in [-0.3, -0.25) is 0 Å². The molecule has 2 rings (SSSR count). The zero-order valence-electron chi connectivity index (χ0n) is 12.6. The van der Waals surface area contributed by atoms with E-state index in [1.807, 2.05) is 19.9 Å². The average molecular weight is 371 g/mol. The molecule has 0 fully saturated rings. The molecule has 1 aromatic carbocycles. The molecule has 0 aliphatic rings. The van der Waals surface area contributed by atoms with Gasteiger partial charge in [0.1, 0.15) is 10.9 Å². The number of aromatic carboxylic acids is 1. The standard InChI is InChI=1S/C16H12F3NO2S2/c1-8(2)23-15-11(7-20)12(13(24-15)14(21)22)9-3-5-10(6-4-9)16(17,18)19/h3-6,8H,1-2H3,(H,21,22). The topological polar surface area (TPSA) is 61.1 Å². The number of carboxylic acid groups (broad SMARTS) is 1. The fourth-order valence-corrected chi connectivity index (χ4v) is 4.62. The van der Waals surface area contributed by atoms with Gasteiger partial charge < -0.3 is 5.11 Å². The number of hydrogen-bond donors (Lipinski definition) is 1. The highest BCUT2D eigenvalue weighted by Gasteiger charge is 2.31. The number of thiophene rings is 1. The maximum absolute atomic E-state index is 12.7. The summed E-state index contributed by atoms with van der Waals surface area (Å²) < 4.78 is 38.6. The minimum atomic E-state index is -4.47. The van der Waals surface area contributed by atoms with Gasteiger partial charge in [-0.05, 0) is 17.7 Å².